The van der Waals surface area contributed by atoms with Gasteiger partial charge in [-0.25, -0.2) is 0 Å². The summed E-state index contributed by atoms with van der Waals surface area (Å²) >= 11 is 0. The van der Waals surface area contributed by atoms with Crippen LogP contribution in [0.25, 0.3) is 71.3 Å². The Balaban J connectivity index is 1.09. The van der Waals surface area contributed by atoms with E-state index < -0.39 is 0 Å². The normalized spacial score (nSPS) is 12.6. The van der Waals surface area contributed by atoms with Crippen molar-refractivity contribution >= 4 is 60.4 Å². The van der Waals surface area contributed by atoms with Gasteiger partial charge >= 0.3 is 0 Å². The third-order valence-electron chi connectivity index (χ3n) is 11.9. The maximum Gasteiger partial charge on any atom is 0.0541 e. The van der Waals surface area contributed by atoms with E-state index in [4.69, 9.17) is 0 Å². The number of fused-ring (bicyclic) bond motifs is 9. The predicted octanol–water partition coefficient (Wildman–Crippen LogP) is 15.1. The molecule has 2 nitrogen and oxygen atoms in total. The summed E-state index contributed by atoms with van der Waals surface area (Å²) in [5.74, 6) is 0. The summed E-state index contributed by atoms with van der Waals surface area (Å²) in [6, 6.07) is 57.0. The van der Waals surface area contributed by atoms with Crippen molar-refractivity contribution in [3.8, 4) is 27.9 Å². The number of benzene rings is 8. The molecule has 9 aromatic rings. The van der Waals surface area contributed by atoms with Crippen LogP contribution in [0.15, 0.2) is 152 Å². The molecule has 0 N–H and O–H groups in total. The van der Waals surface area contributed by atoms with Gasteiger partial charge in [-0.1, -0.05) is 102 Å². The lowest BCUT2D eigenvalue weighted by Crippen LogP contribution is -2.11. The molecular formula is C53H46N2. The average molecular weight is 711 g/mol. The van der Waals surface area contributed by atoms with E-state index in [2.05, 4.69) is 210 Å². The minimum atomic E-state index is 0.0699. The second-order valence-corrected chi connectivity index (χ2v) is 17.6. The van der Waals surface area contributed by atoms with Crippen LogP contribution in [0.5, 0.6) is 0 Å². The first kappa shape index (κ1) is 33.4. The lowest BCUT2D eigenvalue weighted by Gasteiger charge is -2.28. The zero-order valence-electron chi connectivity index (χ0n) is 32.8. The molecule has 8 aromatic carbocycles. The van der Waals surface area contributed by atoms with Gasteiger partial charge in [-0.05, 0) is 169 Å². The molecule has 0 aliphatic heterocycles. The van der Waals surface area contributed by atoms with Crippen LogP contribution in [0.4, 0.5) is 17.1 Å². The first-order valence-corrected chi connectivity index (χ1v) is 19.6. The number of aromatic nitrogens is 1. The van der Waals surface area contributed by atoms with Crippen LogP contribution < -0.4 is 4.90 Å². The highest BCUT2D eigenvalue weighted by Gasteiger charge is 2.26. The van der Waals surface area contributed by atoms with Gasteiger partial charge in [0.15, 0.2) is 0 Å². The van der Waals surface area contributed by atoms with Crippen molar-refractivity contribution in [3.05, 3.63) is 168 Å². The Kier molecular flexibility index (Phi) is 7.26. The number of hydrogen-bond acceptors (Lipinski definition) is 1. The van der Waals surface area contributed by atoms with E-state index in [-0.39, 0.29) is 10.8 Å². The molecule has 0 fully saturated rings. The number of nitrogens with zero attached hydrogens (tertiary/aromatic N) is 2. The van der Waals surface area contributed by atoms with Crippen molar-refractivity contribution in [2.45, 2.75) is 59.3 Å². The van der Waals surface area contributed by atoms with Crippen LogP contribution in [0.2, 0.25) is 0 Å². The number of rotatable bonds is 4. The van der Waals surface area contributed by atoms with E-state index in [0.29, 0.717) is 0 Å². The molecule has 268 valence electrons. The van der Waals surface area contributed by atoms with Gasteiger partial charge in [-0.2, -0.15) is 0 Å². The minimum Gasteiger partial charge on any atom is -0.310 e. The van der Waals surface area contributed by atoms with E-state index >= 15 is 0 Å². The van der Waals surface area contributed by atoms with Crippen molar-refractivity contribution in [3.63, 3.8) is 0 Å². The molecule has 55 heavy (non-hydrogen) atoms. The SMILES string of the molecule is Cc1ccccc1N(c1ccccc1)c1ccc2cc3c(cc2c1)-c1cc2cc(-n4c5ccc(C(C)(C)C)cc5c5cc(C(C)(C)C)ccc54)ccc2cc1-3. The molecule has 0 radical (unpaired) electrons. The van der Waals surface area contributed by atoms with Gasteiger partial charge in [0, 0.05) is 33.5 Å². The zero-order valence-corrected chi connectivity index (χ0v) is 32.8. The monoisotopic (exact) mass is 710 g/mol. The Hall–Kier alpha value is -6.12. The van der Waals surface area contributed by atoms with Gasteiger partial charge in [0.05, 0.1) is 11.0 Å². The predicted molar refractivity (Wildman–Crippen MR) is 237 cm³/mol. The van der Waals surface area contributed by atoms with Crippen molar-refractivity contribution in [2.24, 2.45) is 0 Å². The summed E-state index contributed by atoms with van der Waals surface area (Å²) in [6.07, 6.45) is 0. The Morgan fingerprint density at radius 3 is 1.49 bits per heavy atom. The highest BCUT2D eigenvalue weighted by molar-refractivity contribution is 6.13. The third kappa shape index (κ3) is 5.38. The lowest BCUT2D eigenvalue weighted by atomic mass is 9.78. The summed E-state index contributed by atoms with van der Waals surface area (Å²) < 4.78 is 2.47. The van der Waals surface area contributed by atoms with Gasteiger partial charge in [-0.15, -0.1) is 0 Å². The highest BCUT2D eigenvalue weighted by atomic mass is 15.1. The molecule has 0 saturated heterocycles. The Bertz CT molecular complexity index is 2930. The van der Waals surface area contributed by atoms with Crippen LogP contribution in [-0.2, 0) is 10.8 Å². The molecule has 0 atom stereocenters. The first-order chi connectivity index (χ1) is 26.4. The summed E-state index contributed by atoms with van der Waals surface area (Å²) in [5, 5.41) is 7.68. The zero-order chi connectivity index (χ0) is 37.8. The summed E-state index contributed by atoms with van der Waals surface area (Å²) in [7, 11) is 0. The van der Waals surface area contributed by atoms with Crippen molar-refractivity contribution in [1.29, 1.82) is 0 Å². The van der Waals surface area contributed by atoms with E-state index in [1.807, 2.05) is 0 Å². The van der Waals surface area contributed by atoms with Crippen LogP contribution >= 0.6 is 0 Å². The topological polar surface area (TPSA) is 8.17 Å². The van der Waals surface area contributed by atoms with E-state index in [1.165, 1.54) is 93.7 Å². The molecule has 1 heterocycles. The standard InChI is InChI=1S/C53H46N2/c1-33-13-11-12-16-49(33)54(40-14-9-8-10-15-40)41-21-17-34-27-43-44-28-35-18-22-42(26-37(35)30-46(44)45(43)29-36(34)25-41)55-50-23-19-38(52(2,3)4)31-47(50)48-32-39(53(5,6)7)20-24-51(48)55/h8-32H,1-7H3. The number of anilines is 3. The van der Waals surface area contributed by atoms with E-state index in [1.54, 1.807) is 0 Å². The fourth-order valence-electron chi connectivity index (χ4n) is 8.73. The van der Waals surface area contributed by atoms with Crippen LogP contribution in [0.1, 0.15) is 58.2 Å². The second kappa shape index (κ2) is 11.9. The maximum absolute atomic E-state index is 2.47. The molecule has 1 aliphatic carbocycles. The largest absolute Gasteiger partial charge is 0.310 e. The molecule has 1 aliphatic rings. The molecule has 0 spiro atoms. The third-order valence-corrected chi connectivity index (χ3v) is 11.9. The quantitative estimate of drug-likeness (QED) is 0.177. The number of para-hydroxylation sites is 2. The van der Waals surface area contributed by atoms with Gasteiger partial charge < -0.3 is 9.47 Å². The van der Waals surface area contributed by atoms with Gasteiger partial charge in [0.1, 0.15) is 0 Å². The summed E-state index contributed by atoms with van der Waals surface area (Å²) in [5.41, 5.74) is 16.6. The molecule has 0 saturated carbocycles. The van der Waals surface area contributed by atoms with Crippen LogP contribution in [-0.4, -0.2) is 4.57 Å². The van der Waals surface area contributed by atoms with E-state index in [0.717, 1.165) is 11.4 Å². The van der Waals surface area contributed by atoms with Crippen molar-refractivity contribution < 1.29 is 0 Å². The first-order valence-electron chi connectivity index (χ1n) is 19.6. The second-order valence-electron chi connectivity index (χ2n) is 17.6. The summed E-state index contributed by atoms with van der Waals surface area (Å²) in [4.78, 5) is 2.37. The average Bonchev–Trinajstić information content (AvgIpc) is 3.50. The highest BCUT2D eigenvalue weighted by Crippen LogP contribution is 2.51. The number of aryl methyl sites for hydroxylation is 1. The molecule has 10 rings (SSSR count). The maximum atomic E-state index is 2.47. The van der Waals surface area contributed by atoms with Crippen molar-refractivity contribution in [2.75, 3.05) is 4.90 Å². The summed E-state index contributed by atoms with van der Waals surface area (Å²) in [6.45, 7) is 16.0. The minimum absolute atomic E-state index is 0.0699. The van der Waals surface area contributed by atoms with Crippen LogP contribution in [0, 0.1) is 6.92 Å². The Labute approximate surface area is 324 Å². The smallest absolute Gasteiger partial charge is 0.0541 e. The fourth-order valence-corrected chi connectivity index (χ4v) is 8.73. The van der Waals surface area contributed by atoms with Gasteiger partial charge in [0.2, 0.25) is 0 Å². The molecule has 1 aromatic heterocycles. The van der Waals surface area contributed by atoms with E-state index in [9.17, 15) is 0 Å². The molecule has 0 unspecified atom stereocenters. The molecule has 0 bridgehead atoms. The fraction of sp³-hybridized carbons (Fsp3) is 0.170. The lowest BCUT2D eigenvalue weighted by molar-refractivity contribution is 0.590. The Morgan fingerprint density at radius 1 is 0.418 bits per heavy atom. The number of hydrogen-bond donors (Lipinski definition) is 0. The van der Waals surface area contributed by atoms with Gasteiger partial charge in [-0.3, -0.25) is 0 Å². The van der Waals surface area contributed by atoms with Gasteiger partial charge in [0.25, 0.3) is 0 Å². The molecule has 0 amide bonds. The van der Waals surface area contributed by atoms with Crippen molar-refractivity contribution in [1.82, 2.24) is 4.57 Å². The van der Waals surface area contributed by atoms with Crippen LogP contribution in [0.3, 0.4) is 0 Å². The molecular weight excluding hydrogens is 665 g/mol. The Morgan fingerprint density at radius 2 is 0.927 bits per heavy atom. The molecule has 2 heteroatoms.